The minimum atomic E-state index is -0.169. The van der Waals surface area contributed by atoms with Crippen LogP contribution in [0, 0.1) is 12.3 Å². The molecule has 1 spiro atoms. The van der Waals surface area contributed by atoms with Gasteiger partial charge in [-0.1, -0.05) is 30.3 Å². The molecule has 4 aromatic rings. The quantitative estimate of drug-likeness (QED) is 0.405. The molecule has 3 aromatic heterocycles. The number of rotatable bonds is 2. The van der Waals surface area contributed by atoms with Gasteiger partial charge in [0.2, 0.25) is 5.95 Å². The third-order valence-electron chi connectivity index (χ3n) is 8.45. The van der Waals surface area contributed by atoms with Crippen molar-refractivity contribution >= 4 is 22.6 Å². The summed E-state index contributed by atoms with van der Waals surface area (Å²) in [5.74, 6) is 0.595. The summed E-state index contributed by atoms with van der Waals surface area (Å²) in [5, 5.41) is 8.08. The maximum atomic E-state index is 13.4. The van der Waals surface area contributed by atoms with Crippen molar-refractivity contribution in [3.8, 4) is 0 Å². The van der Waals surface area contributed by atoms with Crippen molar-refractivity contribution in [1.82, 2.24) is 25.1 Å². The van der Waals surface area contributed by atoms with Gasteiger partial charge in [-0.15, -0.1) is 0 Å². The van der Waals surface area contributed by atoms with Crippen LogP contribution in [0.4, 0.5) is 5.95 Å². The molecule has 8 heteroatoms. The van der Waals surface area contributed by atoms with Gasteiger partial charge in [-0.05, 0) is 67.2 Å². The lowest BCUT2D eigenvalue weighted by Gasteiger charge is -2.42. The largest absolute Gasteiger partial charge is 0.342 e. The van der Waals surface area contributed by atoms with E-state index in [0.29, 0.717) is 22.7 Å². The smallest absolute Gasteiger partial charge is 0.264 e. The van der Waals surface area contributed by atoms with Crippen molar-refractivity contribution in [3.05, 3.63) is 86.6 Å². The number of hydrogen-bond acceptors (Lipinski definition) is 6. The minimum absolute atomic E-state index is 0.0604. The topological polar surface area (TPSA) is 117 Å². The molecule has 4 heterocycles. The van der Waals surface area contributed by atoms with Crippen LogP contribution in [0.3, 0.4) is 0 Å². The van der Waals surface area contributed by atoms with Gasteiger partial charge in [0.1, 0.15) is 11.1 Å². The van der Waals surface area contributed by atoms with Crippen LogP contribution >= 0.6 is 0 Å². The highest BCUT2D eigenvalue weighted by Crippen LogP contribution is 2.50. The number of aromatic nitrogens is 5. The van der Waals surface area contributed by atoms with Crippen LogP contribution in [0.1, 0.15) is 58.9 Å². The van der Waals surface area contributed by atoms with Gasteiger partial charge in [0, 0.05) is 42.2 Å². The number of nitrogens with one attached hydrogen (secondary N) is 2. The Morgan fingerprint density at radius 3 is 2.86 bits per heavy atom. The maximum Gasteiger partial charge on any atom is 0.264 e. The van der Waals surface area contributed by atoms with Crippen molar-refractivity contribution in [3.63, 3.8) is 0 Å². The predicted octanol–water partition coefficient (Wildman–Crippen LogP) is 3.57. The summed E-state index contributed by atoms with van der Waals surface area (Å²) in [6.45, 7) is 3.64. The fraction of sp³-hybridized carbons (Fsp3) is 0.357. The molecule has 1 atom stereocenters. The lowest BCUT2D eigenvalue weighted by molar-refractivity contribution is 0.187. The Balaban J connectivity index is 1.18. The van der Waals surface area contributed by atoms with E-state index in [1.165, 1.54) is 11.1 Å². The number of allylic oxidation sites excluding steroid dienone is 1. The van der Waals surface area contributed by atoms with Crippen LogP contribution in [0.5, 0.6) is 0 Å². The molecule has 7 rings (SSSR count). The summed E-state index contributed by atoms with van der Waals surface area (Å²) >= 11 is 0. The molecule has 1 fully saturated rings. The Morgan fingerprint density at radius 1 is 1.19 bits per heavy atom. The van der Waals surface area contributed by atoms with E-state index in [0.717, 1.165) is 67.6 Å². The number of nitrogens with zero attached hydrogens (tertiary/aromatic N) is 4. The number of aryl methyl sites for hydroxylation is 2. The van der Waals surface area contributed by atoms with Gasteiger partial charge in [0.05, 0.1) is 0 Å². The fourth-order valence-corrected chi connectivity index (χ4v) is 6.46. The van der Waals surface area contributed by atoms with E-state index >= 15 is 0 Å². The normalized spacial score (nSPS) is 20.4. The molecule has 0 radical (unpaired) electrons. The lowest BCUT2D eigenvalue weighted by Crippen LogP contribution is -2.45. The standard InChI is InChI=1S/C28H29N7O/c1-16-13-20-19(7-4-8-21(20)30-15-16)23-22-25(34-33-23)31-27(32-26(22)36)35-11-9-28(10-12-35)14-17-5-2-3-6-18(17)24(28)29/h2-3,5-7,13,15,24H,4,8-12,14,29H2,1H3,(H2,31,32,33,34,36)/t24-/m1/s1. The highest BCUT2D eigenvalue weighted by molar-refractivity contribution is 5.94. The molecule has 4 N–H and O–H groups in total. The Morgan fingerprint density at radius 2 is 2.03 bits per heavy atom. The molecule has 0 saturated carbocycles. The first kappa shape index (κ1) is 21.5. The van der Waals surface area contributed by atoms with E-state index in [1.54, 1.807) is 0 Å². The number of H-pyrrole nitrogens is 2. The lowest BCUT2D eigenvalue weighted by atomic mass is 9.73. The zero-order chi connectivity index (χ0) is 24.4. The number of piperidine rings is 1. The first-order chi connectivity index (χ1) is 17.5. The third kappa shape index (κ3) is 3.17. The summed E-state index contributed by atoms with van der Waals surface area (Å²) in [6.07, 6.45) is 8.77. The van der Waals surface area contributed by atoms with Gasteiger partial charge in [0.25, 0.3) is 5.56 Å². The van der Waals surface area contributed by atoms with Crippen LogP contribution in [-0.2, 0) is 12.8 Å². The summed E-state index contributed by atoms with van der Waals surface area (Å²) in [5.41, 5.74) is 14.6. The van der Waals surface area contributed by atoms with E-state index in [9.17, 15) is 4.79 Å². The van der Waals surface area contributed by atoms with Gasteiger partial charge in [-0.3, -0.25) is 19.9 Å². The molecule has 0 bridgehead atoms. The first-order valence-electron chi connectivity index (χ1n) is 12.8. The van der Waals surface area contributed by atoms with Crippen LogP contribution in [0.2, 0.25) is 0 Å². The summed E-state index contributed by atoms with van der Waals surface area (Å²) in [7, 11) is 0. The monoisotopic (exact) mass is 479 g/mol. The SMILES string of the molecule is Cc1cnc2c(c1)C(c1n[nH]c3nc(N4CCC5(CC4)Cc4ccccc4[C@H]5N)[nH]c(=O)c13)=CCC2. The Bertz CT molecular complexity index is 1590. The summed E-state index contributed by atoms with van der Waals surface area (Å²) < 4.78 is 0. The van der Waals surface area contributed by atoms with Crippen LogP contribution < -0.4 is 16.2 Å². The minimum Gasteiger partial charge on any atom is -0.342 e. The number of aromatic amines is 2. The molecule has 1 aromatic carbocycles. The number of benzene rings is 1. The van der Waals surface area contributed by atoms with E-state index in [1.807, 2.05) is 13.1 Å². The van der Waals surface area contributed by atoms with E-state index in [2.05, 4.69) is 61.5 Å². The van der Waals surface area contributed by atoms with Crippen LogP contribution in [-0.4, -0.2) is 38.2 Å². The number of fused-ring (bicyclic) bond motifs is 3. The maximum absolute atomic E-state index is 13.4. The fourth-order valence-electron chi connectivity index (χ4n) is 6.46. The number of pyridine rings is 1. The van der Waals surface area contributed by atoms with Gasteiger partial charge in [-0.2, -0.15) is 10.1 Å². The molecule has 0 unspecified atom stereocenters. The molecule has 36 heavy (non-hydrogen) atoms. The average molecular weight is 480 g/mol. The van der Waals surface area contributed by atoms with Crippen LogP contribution in [0.25, 0.3) is 16.6 Å². The first-order valence-corrected chi connectivity index (χ1v) is 12.8. The van der Waals surface area contributed by atoms with E-state index in [-0.39, 0.29) is 17.0 Å². The van der Waals surface area contributed by atoms with E-state index in [4.69, 9.17) is 10.7 Å². The van der Waals surface area contributed by atoms with Crippen molar-refractivity contribution in [2.75, 3.05) is 18.0 Å². The Labute approximate surface area is 208 Å². The Kier molecular flexibility index (Phi) is 4.70. The van der Waals surface area contributed by atoms with Gasteiger partial charge >= 0.3 is 0 Å². The molecule has 3 aliphatic rings. The second-order valence-corrected chi connectivity index (χ2v) is 10.6. The molecular formula is C28H29N7O. The zero-order valence-electron chi connectivity index (χ0n) is 20.3. The molecule has 1 saturated heterocycles. The highest BCUT2D eigenvalue weighted by atomic mass is 16.1. The second-order valence-electron chi connectivity index (χ2n) is 10.6. The molecule has 2 aliphatic carbocycles. The number of anilines is 1. The molecule has 8 nitrogen and oxygen atoms in total. The molecule has 0 amide bonds. The van der Waals surface area contributed by atoms with Crippen molar-refractivity contribution in [2.45, 2.75) is 45.1 Å². The predicted molar refractivity (Wildman–Crippen MR) is 140 cm³/mol. The molecular weight excluding hydrogens is 450 g/mol. The highest BCUT2D eigenvalue weighted by Gasteiger charge is 2.46. The number of hydrogen-bond donors (Lipinski definition) is 3. The Hall–Kier alpha value is -3.78. The average Bonchev–Trinajstić information content (AvgIpc) is 3.44. The van der Waals surface area contributed by atoms with Crippen molar-refractivity contribution < 1.29 is 0 Å². The summed E-state index contributed by atoms with van der Waals surface area (Å²) in [6, 6.07) is 10.7. The number of nitrogens with two attached hydrogens (primary N) is 1. The van der Waals surface area contributed by atoms with Crippen LogP contribution in [0.15, 0.2) is 47.4 Å². The summed E-state index contributed by atoms with van der Waals surface area (Å²) in [4.78, 5) is 28.0. The third-order valence-corrected chi connectivity index (χ3v) is 8.45. The molecule has 182 valence electrons. The van der Waals surface area contributed by atoms with E-state index < -0.39 is 0 Å². The van der Waals surface area contributed by atoms with Gasteiger partial charge < -0.3 is 10.6 Å². The molecule has 1 aliphatic heterocycles. The van der Waals surface area contributed by atoms with Gasteiger partial charge in [-0.25, -0.2) is 0 Å². The van der Waals surface area contributed by atoms with Crippen molar-refractivity contribution in [2.24, 2.45) is 11.1 Å². The van der Waals surface area contributed by atoms with Gasteiger partial charge in [0.15, 0.2) is 5.65 Å². The van der Waals surface area contributed by atoms with Crippen molar-refractivity contribution in [1.29, 1.82) is 0 Å². The zero-order valence-corrected chi connectivity index (χ0v) is 20.3. The second kappa shape index (κ2) is 7.86.